The van der Waals surface area contributed by atoms with Crippen molar-refractivity contribution < 1.29 is 5.11 Å². The van der Waals surface area contributed by atoms with Gasteiger partial charge in [0.05, 0.1) is 6.61 Å². The van der Waals surface area contributed by atoms with E-state index >= 15 is 0 Å². The Balaban J connectivity index is 2.04. The highest BCUT2D eigenvalue weighted by molar-refractivity contribution is 7.99. The van der Waals surface area contributed by atoms with Gasteiger partial charge < -0.3 is 10.4 Å². The van der Waals surface area contributed by atoms with Gasteiger partial charge in [-0.15, -0.1) is 0 Å². The van der Waals surface area contributed by atoms with Crippen LogP contribution in [0.1, 0.15) is 44.1 Å². The summed E-state index contributed by atoms with van der Waals surface area (Å²) in [5.74, 6) is 0.619. The minimum atomic E-state index is 0.248. The second kappa shape index (κ2) is 8.06. The highest BCUT2D eigenvalue weighted by Gasteiger charge is 2.28. The maximum Gasteiger partial charge on any atom is 0.0564 e. The van der Waals surface area contributed by atoms with Gasteiger partial charge in [-0.25, -0.2) is 0 Å². The summed E-state index contributed by atoms with van der Waals surface area (Å²) in [5.41, 5.74) is 1.46. The van der Waals surface area contributed by atoms with Crippen LogP contribution in [0.5, 0.6) is 0 Å². The second-order valence-corrected chi connectivity index (χ2v) is 6.90. The molecule has 0 bridgehead atoms. The summed E-state index contributed by atoms with van der Waals surface area (Å²) in [4.78, 5) is 0. The summed E-state index contributed by atoms with van der Waals surface area (Å²) in [6.45, 7) is 2.45. The Bertz CT molecular complexity index is 380. The van der Waals surface area contributed by atoms with Crippen LogP contribution in [0.25, 0.3) is 0 Å². The van der Waals surface area contributed by atoms with E-state index < -0.39 is 0 Å². The average molecular weight is 293 g/mol. The lowest BCUT2D eigenvalue weighted by Crippen LogP contribution is -2.47. The van der Waals surface area contributed by atoms with Crippen LogP contribution in [-0.4, -0.2) is 35.3 Å². The number of thioether (sulfide) groups is 1. The second-order valence-electron chi connectivity index (χ2n) is 5.82. The van der Waals surface area contributed by atoms with E-state index in [9.17, 15) is 5.11 Å². The molecule has 2 rings (SSSR count). The smallest absolute Gasteiger partial charge is 0.0564 e. The summed E-state index contributed by atoms with van der Waals surface area (Å²) in [5, 5.41) is 13.5. The van der Waals surface area contributed by atoms with Gasteiger partial charge in [0.1, 0.15) is 0 Å². The zero-order valence-corrected chi connectivity index (χ0v) is 13.4. The first kappa shape index (κ1) is 15.9. The van der Waals surface area contributed by atoms with Gasteiger partial charge in [0.15, 0.2) is 0 Å². The standard InChI is InChI=1S/C17H27NOS/c1-13(17(12-19)20-2)18-16-11-7-6-10-15(16)14-8-4-3-5-9-14/h3-5,8-9,13,15-19H,6-7,10-12H2,1-2H3. The third-order valence-electron chi connectivity index (χ3n) is 4.51. The molecule has 0 aliphatic heterocycles. The molecule has 0 amide bonds. The van der Waals surface area contributed by atoms with Gasteiger partial charge in [0.25, 0.3) is 0 Å². The van der Waals surface area contributed by atoms with E-state index in [0.29, 0.717) is 18.0 Å². The Morgan fingerprint density at radius 1 is 1.25 bits per heavy atom. The minimum absolute atomic E-state index is 0.248. The van der Waals surface area contributed by atoms with Crippen LogP contribution in [0.2, 0.25) is 0 Å². The summed E-state index contributed by atoms with van der Waals surface area (Å²) >= 11 is 1.75. The molecule has 1 aromatic rings. The molecular formula is C17H27NOS. The lowest BCUT2D eigenvalue weighted by molar-refractivity contribution is 0.251. The number of hydrogen-bond acceptors (Lipinski definition) is 3. The Morgan fingerprint density at radius 3 is 2.60 bits per heavy atom. The van der Waals surface area contributed by atoms with E-state index in [4.69, 9.17) is 0 Å². The Hall–Kier alpha value is -0.510. The van der Waals surface area contributed by atoms with Gasteiger partial charge in [0, 0.05) is 17.3 Å². The first-order valence-corrected chi connectivity index (χ1v) is 8.99. The molecule has 1 saturated carbocycles. The van der Waals surface area contributed by atoms with Crippen LogP contribution in [0.15, 0.2) is 30.3 Å². The Labute approximate surface area is 127 Å². The molecule has 4 atom stereocenters. The first-order valence-electron chi connectivity index (χ1n) is 7.71. The van der Waals surface area contributed by atoms with E-state index in [-0.39, 0.29) is 11.9 Å². The molecule has 112 valence electrons. The van der Waals surface area contributed by atoms with Crippen molar-refractivity contribution in [2.24, 2.45) is 0 Å². The fourth-order valence-corrected chi connectivity index (χ4v) is 3.95. The van der Waals surface area contributed by atoms with Gasteiger partial charge >= 0.3 is 0 Å². The minimum Gasteiger partial charge on any atom is -0.395 e. The van der Waals surface area contributed by atoms with Crippen molar-refractivity contribution >= 4 is 11.8 Å². The van der Waals surface area contributed by atoms with Crippen LogP contribution in [0.3, 0.4) is 0 Å². The molecule has 0 spiro atoms. The maximum atomic E-state index is 9.45. The van der Waals surface area contributed by atoms with E-state index in [1.54, 1.807) is 11.8 Å². The zero-order valence-electron chi connectivity index (χ0n) is 12.6. The molecule has 1 aliphatic rings. The lowest BCUT2D eigenvalue weighted by Gasteiger charge is -2.36. The lowest BCUT2D eigenvalue weighted by atomic mass is 9.79. The number of aliphatic hydroxyl groups is 1. The molecule has 1 aliphatic carbocycles. The maximum absolute atomic E-state index is 9.45. The van der Waals surface area contributed by atoms with Crippen molar-refractivity contribution in [2.45, 2.75) is 55.9 Å². The molecule has 2 N–H and O–H groups in total. The molecule has 0 saturated heterocycles. The van der Waals surface area contributed by atoms with Crippen LogP contribution in [-0.2, 0) is 0 Å². The zero-order chi connectivity index (χ0) is 14.4. The van der Waals surface area contributed by atoms with Gasteiger partial charge in [-0.2, -0.15) is 11.8 Å². The normalized spacial score (nSPS) is 26.1. The monoisotopic (exact) mass is 293 g/mol. The molecule has 0 radical (unpaired) electrons. The summed E-state index contributed by atoms with van der Waals surface area (Å²) in [7, 11) is 0. The van der Waals surface area contributed by atoms with Crippen LogP contribution < -0.4 is 5.32 Å². The molecule has 1 fully saturated rings. The number of rotatable bonds is 6. The van der Waals surface area contributed by atoms with E-state index in [1.807, 2.05) is 0 Å². The summed E-state index contributed by atoms with van der Waals surface area (Å²) in [6.07, 6.45) is 7.25. The van der Waals surface area contributed by atoms with Crippen molar-refractivity contribution in [3.63, 3.8) is 0 Å². The number of benzene rings is 1. The van der Waals surface area contributed by atoms with Crippen molar-refractivity contribution in [3.05, 3.63) is 35.9 Å². The third-order valence-corrected chi connectivity index (χ3v) is 5.67. The van der Waals surface area contributed by atoms with Gasteiger partial charge in [0.2, 0.25) is 0 Å². The van der Waals surface area contributed by atoms with Gasteiger partial charge in [-0.1, -0.05) is 43.2 Å². The first-order chi connectivity index (χ1) is 9.76. The molecule has 1 aromatic carbocycles. The topological polar surface area (TPSA) is 32.3 Å². The number of hydrogen-bond donors (Lipinski definition) is 2. The van der Waals surface area contributed by atoms with Crippen molar-refractivity contribution in [1.82, 2.24) is 5.32 Å². The van der Waals surface area contributed by atoms with Crippen molar-refractivity contribution in [2.75, 3.05) is 12.9 Å². The summed E-state index contributed by atoms with van der Waals surface area (Å²) in [6, 6.07) is 11.8. The Morgan fingerprint density at radius 2 is 1.95 bits per heavy atom. The molecule has 20 heavy (non-hydrogen) atoms. The van der Waals surface area contributed by atoms with Crippen LogP contribution in [0, 0.1) is 0 Å². The molecule has 0 aromatic heterocycles. The predicted molar refractivity (Wildman–Crippen MR) is 88.4 cm³/mol. The predicted octanol–water partition coefficient (Wildman–Crippen LogP) is 3.41. The third kappa shape index (κ3) is 4.00. The van der Waals surface area contributed by atoms with Crippen molar-refractivity contribution in [1.29, 1.82) is 0 Å². The van der Waals surface area contributed by atoms with E-state index in [2.05, 4.69) is 48.8 Å². The highest BCUT2D eigenvalue weighted by atomic mass is 32.2. The molecule has 4 unspecified atom stereocenters. The SMILES string of the molecule is CSC(CO)C(C)NC1CCCCC1c1ccccc1. The molecule has 0 heterocycles. The fraction of sp³-hybridized carbons (Fsp3) is 0.647. The largest absolute Gasteiger partial charge is 0.395 e. The summed E-state index contributed by atoms with van der Waals surface area (Å²) < 4.78 is 0. The van der Waals surface area contributed by atoms with Crippen LogP contribution in [0.4, 0.5) is 0 Å². The average Bonchev–Trinajstić information content (AvgIpc) is 2.50. The van der Waals surface area contributed by atoms with E-state index in [1.165, 1.54) is 31.2 Å². The van der Waals surface area contributed by atoms with Crippen molar-refractivity contribution in [3.8, 4) is 0 Å². The molecular weight excluding hydrogens is 266 g/mol. The highest BCUT2D eigenvalue weighted by Crippen LogP contribution is 2.33. The van der Waals surface area contributed by atoms with Gasteiger partial charge in [-0.3, -0.25) is 0 Å². The van der Waals surface area contributed by atoms with Gasteiger partial charge in [-0.05, 0) is 37.5 Å². The van der Waals surface area contributed by atoms with Crippen LogP contribution >= 0.6 is 11.8 Å². The molecule has 2 nitrogen and oxygen atoms in total. The fourth-order valence-electron chi connectivity index (χ4n) is 3.31. The number of aliphatic hydroxyl groups excluding tert-OH is 1. The quantitative estimate of drug-likeness (QED) is 0.843. The number of nitrogens with one attached hydrogen (secondary N) is 1. The van der Waals surface area contributed by atoms with E-state index in [0.717, 1.165) is 0 Å². The molecule has 3 heteroatoms. The Kier molecular flexibility index (Phi) is 6.40.